The maximum absolute atomic E-state index is 5.53. The highest BCUT2D eigenvalue weighted by atomic mass is 16.5. The van der Waals surface area contributed by atoms with Crippen LogP contribution >= 0.6 is 0 Å². The van der Waals surface area contributed by atoms with Gasteiger partial charge < -0.3 is 20.4 Å². The molecule has 0 spiro atoms. The first-order valence-electron chi connectivity index (χ1n) is 12.4. The number of hydrogen-bond donors (Lipinski definition) is 3. The average Bonchev–Trinajstić information content (AvgIpc) is 3.28. The van der Waals surface area contributed by atoms with E-state index in [1.54, 1.807) is 6.33 Å². The van der Waals surface area contributed by atoms with Crippen LogP contribution in [0, 0.1) is 0 Å². The van der Waals surface area contributed by atoms with Crippen LogP contribution in [0.15, 0.2) is 48.8 Å². The number of anilines is 2. The van der Waals surface area contributed by atoms with E-state index in [0.29, 0.717) is 12.1 Å². The zero-order valence-corrected chi connectivity index (χ0v) is 19.7. The van der Waals surface area contributed by atoms with Crippen LogP contribution < -0.4 is 10.6 Å². The molecule has 0 bridgehead atoms. The number of nitrogens with one attached hydrogen (secondary N) is 3. The number of hydrogen-bond acceptors (Lipinski definition) is 6. The van der Waals surface area contributed by atoms with Crippen molar-refractivity contribution in [2.24, 2.45) is 0 Å². The summed E-state index contributed by atoms with van der Waals surface area (Å²) in [7, 11) is 1.94. The maximum Gasteiger partial charge on any atom is 0.143 e. The Kier molecular flexibility index (Phi) is 5.81. The Bertz CT molecular complexity index is 1270. The van der Waals surface area contributed by atoms with Gasteiger partial charge in [0.2, 0.25) is 0 Å². The third kappa shape index (κ3) is 4.10. The molecule has 1 saturated carbocycles. The Balaban J connectivity index is 1.26. The summed E-state index contributed by atoms with van der Waals surface area (Å²) in [6.45, 7) is 3.90. The van der Waals surface area contributed by atoms with Crippen molar-refractivity contribution in [3.05, 3.63) is 48.8 Å². The van der Waals surface area contributed by atoms with Crippen molar-refractivity contribution < 1.29 is 4.74 Å². The second-order valence-electron chi connectivity index (χ2n) is 9.46. The van der Waals surface area contributed by atoms with E-state index in [4.69, 9.17) is 4.74 Å². The number of aromatic nitrogens is 3. The fourth-order valence-corrected chi connectivity index (χ4v) is 5.56. The molecule has 7 nitrogen and oxygen atoms in total. The molecule has 1 aliphatic heterocycles. The van der Waals surface area contributed by atoms with Crippen LogP contribution in [0.3, 0.4) is 0 Å². The quantitative estimate of drug-likeness (QED) is 0.398. The van der Waals surface area contributed by atoms with Crippen molar-refractivity contribution in [1.29, 1.82) is 0 Å². The van der Waals surface area contributed by atoms with Crippen LogP contribution in [0.2, 0.25) is 0 Å². The number of H-pyrrole nitrogens is 1. The van der Waals surface area contributed by atoms with Crippen molar-refractivity contribution in [3.63, 3.8) is 0 Å². The maximum atomic E-state index is 5.53. The van der Waals surface area contributed by atoms with E-state index in [-0.39, 0.29) is 0 Å². The molecule has 1 saturated heterocycles. The Morgan fingerprint density at radius 3 is 2.47 bits per heavy atom. The average molecular weight is 457 g/mol. The minimum atomic E-state index is 0.442. The standard InChI is InChI=1S/C27H32N6O/c1-28-20-5-2-18(3-6-20)19-4-11-24-23(16-19)25-26(29-17-30-27(25)32-24)31-21-7-9-22(10-8-21)33-12-14-34-15-13-33/h2-6,11,16-17,21-22,28H,7-10,12-15H2,1H3,(H2,29,30,31,32)/t21-,22-. The lowest BCUT2D eigenvalue weighted by atomic mass is 9.90. The summed E-state index contributed by atoms with van der Waals surface area (Å²) in [4.78, 5) is 15.3. The Labute approximate surface area is 199 Å². The first-order valence-corrected chi connectivity index (χ1v) is 12.4. The minimum Gasteiger partial charge on any atom is -0.388 e. The van der Waals surface area contributed by atoms with Crippen molar-refractivity contribution in [2.75, 3.05) is 44.0 Å². The summed E-state index contributed by atoms with van der Waals surface area (Å²) >= 11 is 0. The van der Waals surface area contributed by atoms with E-state index in [1.807, 2.05) is 7.05 Å². The van der Waals surface area contributed by atoms with E-state index in [2.05, 4.69) is 72.9 Å². The molecule has 0 amide bonds. The fraction of sp³-hybridized carbons (Fsp3) is 0.407. The lowest BCUT2D eigenvalue weighted by molar-refractivity contribution is 0.00791. The van der Waals surface area contributed by atoms with E-state index in [0.717, 1.165) is 59.7 Å². The number of benzene rings is 2. The van der Waals surface area contributed by atoms with Crippen LogP contribution in [-0.2, 0) is 4.74 Å². The van der Waals surface area contributed by atoms with Crippen LogP contribution in [0.25, 0.3) is 33.1 Å². The summed E-state index contributed by atoms with van der Waals surface area (Å²) in [5.41, 5.74) is 5.47. The van der Waals surface area contributed by atoms with Gasteiger partial charge in [0.15, 0.2) is 0 Å². The molecule has 7 heteroatoms. The van der Waals surface area contributed by atoms with E-state index in [9.17, 15) is 0 Å². The van der Waals surface area contributed by atoms with Crippen LogP contribution in [-0.4, -0.2) is 65.3 Å². The van der Waals surface area contributed by atoms with E-state index >= 15 is 0 Å². The summed E-state index contributed by atoms with van der Waals surface area (Å²) in [6, 6.07) is 16.2. The molecule has 1 aliphatic carbocycles. The molecule has 0 atom stereocenters. The predicted octanol–water partition coefficient (Wildman–Crippen LogP) is 4.88. The van der Waals surface area contributed by atoms with Gasteiger partial charge in [0.05, 0.1) is 18.6 Å². The summed E-state index contributed by atoms with van der Waals surface area (Å²) in [6.07, 6.45) is 6.45. The highest BCUT2D eigenvalue weighted by Crippen LogP contribution is 2.34. The molecule has 3 heterocycles. The molecule has 6 rings (SSSR count). The SMILES string of the molecule is CNc1ccc(-c2ccc3[nH]c4ncnc(N[C@H]5CC[C@H](N6CCOCC6)CC5)c4c3c2)cc1. The summed E-state index contributed by atoms with van der Waals surface area (Å²) in [5.74, 6) is 0.939. The minimum absolute atomic E-state index is 0.442. The third-order valence-corrected chi connectivity index (χ3v) is 7.50. The van der Waals surface area contributed by atoms with Gasteiger partial charge in [-0.25, -0.2) is 9.97 Å². The first kappa shape index (κ1) is 21.4. The van der Waals surface area contributed by atoms with Crippen molar-refractivity contribution in [3.8, 4) is 11.1 Å². The lowest BCUT2D eigenvalue weighted by Crippen LogP contribution is -2.46. The summed E-state index contributed by atoms with van der Waals surface area (Å²) < 4.78 is 5.53. The monoisotopic (exact) mass is 456 g/mol. The number of fused-ring (bicyclic) bond motifs is 3. The van der Waals surface area contributed by atoms with Gasteiger partial charge in [-0.1, -0.05) is 18.2 Å². The first-order chi connectivity index (χ1) is 16.8. The second-order valence-corrected chi connectivity index (χ2v) is 9.46. The second kappa shape index (κ2) is 9.24. The number of morpholine rings is 1. The zero-order chi connectivity index (χ0) is 22.9. The number of nitrogens with zero attached hydrogens (tertiary/aromatic N) is 3. The molecule has 0 radical (unpaired) electrons. The molecular weight excluding hydrogens is 424 g/mol. The van der Waals surface area contributed by atoms with Gasteiger partial charge in [-0.05, 0) is 61.1 Å². The van der Waals surface area contributed by atoms with E-state index < -0.39 is 0 Å². The molecule has 2 aromatic heterocycles. The van der Waals surface area contributed by atoms with Crippen molar-refractivity contribution in [2.45, 2.75) is 37.8 Å². The normalized spacial score (nSPS) is 21.7. The molecular formula is C27H32N6O. The highest BCUT2D eigenvalue weighted by molar-refractivity contribution is 6.12. The van der Waals surface area contributed by atoms with E-state index in [1.165, 1.54) is 36.8 Å². The highest BCUT2D eigenvalue weighted by Gasteiger charge is 2.27. The third-order valence-electron chi connectivity index (χ3n) is 7.50. The topological polar surface area (TPSA) is 78.1 Å². The Morgan fingerprint density at radius 2 is 1.71 bits per heavy atom. The Morgan fingerprint density at radius 1 is 0.941 bits per heavy atom. The molecule has 0 unspecified atom stereocenters. The molecule has 176 valence electrons. The van der Waals surface area contributed by atoms with Crippen molar-refractivity contribution >= 4 is 33.4 Å². The van der Waals surface area contributed by atoms with Gasteiger partial charge in [-0.15, -0.1) is 0 Å². The van der Waals surface area contributed by atoms with Gasteiger partial charge in [-0.3, -0.25) is 4.90 Å². The molecule has 2 aliphatic rings. The number of ether oxygens (including phenoxy) is 1. The zero-order valence-electron chi connectivity index (χ0n) is 19.7. The van der Waals surface area contributed by atoms with Crippen LogP contribution in [0.5, 0.6) is 0 Å². The number of rotatable bonds is 5. The molecule has 2 fully saturated rings. The smallest absolute Gasteiger partial charge is 0.143 e. The fourth-order valence-electron chi connectivity index (χ4n) is 5.56. The van der Waals surface area contributed by atoms with Gasteiger partial charge in [-0.2, -0.15) is 0 Å². The van der Waals surface area contributed by atoms with Gasteiger partial charge in [0, 0.05) is 48.8 Å². The lowest BCUT2D eigenvalue weighted by Gasteiger charge is -2.39. The molecule has 3 N–H and O–H groups in total. The van der Waals surface area contributed by atoms with Crippen LogP contribution in [0.1, 0.15) is 25.7 Å². The largest absolute Gasteiger partial charge is 0.388 e. The van der Waals surface area contributed by atoms with Gasteiger partial charge >= 0.3 is 0 Å². The Hall–Kier alpha value is -3.16. The molecule has 4 aromatic rings. The van der Waals surface area contributed by atoms with Crippen molar-refractivity contribution in [1.82, 2.24) is 19.9 Å². The molecule has 2 aromatic carbocycles. The summed E-state index contributed by atoms with van der Waals surface area (Å²) in [5, 5.41) is 9.21. The number of aromatic amines is 1. The van der Waals surface area contributed by atoms with Gasteiger partial charge in [0.25, 0.3) is 0 Å². The van der Waals surface area contributed by atoms with Gasteiger partial charge in [0.1, 0.15) is 17.8 Å². The predicted molar refractivity (Wildman–Crippen MR) is 138 cm³/mol. The van der Waals surface area contributed by atoms with Crippen LogP contribution in [0.4, 0.5) is 11.5 Å². The molecule has 34 heavy (non-hydrogen) atoms.